The predicted octanol–water partition coefficient (Wildman–Crippen LogP) is 4.93. The maximum Gasteiger partial charge on any atom is 0.276 e. The normalized spacial score (nSPS) is 11.1. The van der Waals surface area contributed by atoms with Gasteiger partial charge in [0.1, 0.15) is 5.69 Å². The summed E-state index contributed by atoms with van der Waals surface area (Å²) in [6.45, 7) is 4.35. The molecule has 0 unspecified atom stereocenters. The third kappa shape index (κ3) is 3.71. The molecule has 0 aliphatic rings. The first-order valence-corrected chi connectivity index (χ1v) is 9.31. The van der Waals surface area contributed by atoms with E-state index in [2.05, 4.69) is 58.5 Å². The number of H-pyrrole nitrogens is 1. The summed E-state index contributed by atoms with van der Waals surface area (Å²) in [5, 5.41) is 11.4. The number of nitrogens with zero attached hydrogens (tertiary/aromatic N) is 3. The van der Waals surface area contributed by atoms with E-state index in [1.165, 1.54) is 5.56 Å². The SMILES string of the molecule is COc1ccc(-c2noc(-c3cc(-c4ccc(C(C)C)cc4)n[nH]3)n2)cc1OC. The van der Waals surface area contributed by atoms with Gasteiger partial charge in [-0.25, -0.2) is 0 Å². The van der Waals surface area contributed by atoms with Gasteiger partial charge in [0.15, 0.2) is 11.5 Å². The Morgan fingerprint density at radius 1 is 0.897 bits per heavy atom. The van der Waals surface area contributed by atoms with Crippen LogP contribution in [0.3, 0.4) is 0 Å². The maximum atomic E-state index is 5.43. The van der Waals surface area contributed by atoms with Crippen LogP contribution in [-0.2, 0) is 0 Å². The van der Waals surface area contributed by atoms with Crippen LogP contribution in [0.1, 0.15) is 25.3 Å². The minimum atomic E-state index is 0.368. The van der Waals surface area contributed by atoms with E-state index in [1.807, 2.05) is 18.2 Å². The molecule has 0 atom stereocenters. The highest BCUT2D eigenvalue weighted by Crippen LogP contribution is 2.32. The number of hydrogen-bond acceptors (Lipinski definition) is 6. The minimum Gasteiger partial charge on any atom is -0.493 e. The van der Waals surface area contributed by atoms with E-state index < -0.39 is 0 Å². The lowest BCUT2D eigenvalue weighted by molar-refractivity contribution is 0.355. The van der Waals surface area contributed by atoms with Crippen molar-refractivity contribution in [1.29, 1.82) is 0 Å². The Morgan fingerprint density at radius 2 is 1.62 bits per heavy atom. The summed E-state index contributed by atoms with van der Waals surface area (Å²) in [6, 6.07) is 15.7. The van der Waals surface area contributed by atoms with E-state index in [4.69, 9.17) is 14.0 Å². The lowest BCUT2D eigenvalue weighted by Crippen LogP contribution is -1.91. The van der Waals surface area contributed by atoms with E-state index in [1.54, 1.807) is 20.3 Å². The van der Waals surface area contributed by atoms with Crippen molar-refractivity contribution < 1.29 is 14.0 Å². The molecule has 2 heterocycles. The molecule has 2 aromatic heterocycles. The second kappa shape index (κ2) is 7.79. The van der Waals surface area contributed by atoms with Gasteiger partial charge in [-0.05, 0) is 35.7 Å². The van der Waals surface area contributed by atoms with Gasteiger partial charge in [-0.3, -0.25) is 5.10 Å². The quantitative estimate of drug-likeness (QED) is 0.502. The van der Waals surface area contributed by atoms with Gasteiger partial charge in [0.25, 0.3) is 5.89 Å². The van der Waals surface area contributed by atoms with Gasteiger partial charge in [-0.2, -0.15) is 10.1 Å². The second-order valence-electron chi connectivity index (χ2n) is 6.94. The molecule has 0 fully saturated rings. The number of ether oxygens (including phenoxy) is 2. The summed E-state index contributed by atoms with van der Waals surface area (Å²) >= 11 is 0. The number of aromatic amines is 1. The number of nitrogens with one attached hydrogen (secondary N) is 1. The number of aromatic nitrogens is 4. The van der Waals surface area contributed by atoms with Crippen LogP contribution in [0, 0.1) is 0 Å². The topological polar surface area (TPSA) is 86.1 Å². The van der Waals surface area contributed by atoms with Crippen molar-refractivity contribution in [2.75, 3.05) is 14.2 Å². The molecule has 4 rings (SSSR count). The summed E-state index contributed by atoms with van der Waals surface area (Å²) in [7, 11) is 3.18. The Bertz CT molecular complexity index is 1110. The van der Waals surface area contributed by atoms with E-state index in [0.29, 0.717) is 34.8 Å². The van der Waals surface area contributed by atoms with E-state index in [0.717, 1.165) is 16.8 Å². The molecule has 0 saturated heterocycles. The van der Waals surface area contributed by atoms with Crippen molar-refractivity contribution in [2.45, 2.75) is 19.8 Å². The first-order chi connectivity index (χ1) is 14.1. The molecule has 0 aliphatic carbocycles. The van der Waals surface area contributed by atoms with Gasteiger partial charge in [-0.1, -0.05) is 43.3 Å². The molecule has 4 aromatic rings. The molecule has 0 spiro atoms. The summed E-state index contributed by atoms with van der Waals surface area (Å²) < 4.78 is 16.0. The lowest BCUT2D eigenvalue weighted by atomic mass is 10.0. The van der Waals surface area contributed by atoms with Crippen LogP contribution < -0.4 is 9.47 Å². The van der Waals surface area contributed by atoms with E-state index in [9.17, 15) is 0 Å². The smallest absolute Gasteiger partial charge is 0.276 e. The Labute approximate surface area is 168 Å². The van der Waals surface area contributed by atoms with Crippen LogP contribution in [0.4, 0.5) is 0 Å². The molecule has 2 aromatic carbocycles. The highest BCUT2D eigenvalue weighted by atomic mass is 16.5. The van der Waals surface area contributed by atoms with Crippen LogP contribution in [0.2, 0.25) is 0 Å². The molecule has 29 heavy (non-hydrogen) atoms. The zero-order chi connectivity index (χ0) is 20.4. The first kappa shape index (κ1) is 18.7. The Hall–Kier alpha value is -3.61. The molecule has 0 radical (unpaired) electrons. The average Bonchev–Trinajstić information content (AvgIpc) is 3.43. The van der Waals surface area contributed by atoms with Gasteiger partial charge in [0.05, 0.1) is 19.9 Å². The highest BCUT2D eigenvalue weighted by Gasteiger charge is 2.15. The molecule has 0 aliphatic heterocycles. The molecule has 0 bridgehead atoms. The Balaban J connectivity index is 1.59. The molecular formula is C22H22N4O3. The van der Waals surface area contributed by atoms with Gasteiger partial charge in [-0.15, -0.1) is 0 Å². The molecule has 7 nitrogen and oxygen atoms in total. The third-order valence-electron chi connectivity index (χ3n) is 4.75. The van der Waals surface area contributed by atoms with Crippen LogP contribution in [0.25, 0.3) is 34.2 Å². The third-order valence-corrected chi connectivity index (χ3v) is 4.75. The van der Waals surface area contributed by atoms with Crippen LogP contribution in [0.15, 0.2) is 53.1 Å². The zero-order valence-electron chi connectivity index (χ0n) is 16.8. The van der Waals surface area contributed by atoms with Gasteiger partial charge < -0.3 is 14.0 Å². The van der Waals surface area contributed by atoms with Crippen molar-refractivity contribution in [3.63, 3.8) is 0 Å². The Morgan fingerprint density at radius 3 is 2.31 bits per heavy atom. The molecule has 1 N–H and O–H groups in total. The van der Waals surface area contributed by atoms with Gasteiger partial charge in [0, 0.05) is 11.1 Å². The van der Waals surface area contributed by atoms with Crippen molar-refractivity contribution in [3.05, 3.63) is 54.1 Å². The van der Waals surface area contributed by atoms with Crippen molar-refractivity contribution in [3.8, 4) is 45.7 Å². The summed E-state index contributed by atoms with van der Waals surface area (Å²) in [5.41, 5.74) is 4.56. The molecular weight excluding hydrogens is 368 g/mol. The fourth-order valence-electron chi connectivity index (χ4n) is 3.04. The molecule has 0 amide bonds. The van der Waals surface area contributed by atoms with Crippen LogP contribution in [0.5, 0.6) is 11.5 Å². The Kier molecular flexibility index (Phi) is 5.03. The summed E-state index contributed by atoms with van der Waals surface area (Å²) in [5.74, 6) is 2.56. The van der Waals surface area contributed by atoms with E-state index >= 15 is 0 Å². The average molecular weight is 390 g/mol. The minimum absolute atomic E-state index is 0.368. The van der Waals surface area contributed by atoms with Crippen LogP contribution in [-0.4, -0.2) is 34.6 Å². The molecule has 148 valence electrons. The number of hydrogen-bond donors (Lipinski definition) is 1. The maximum absolute atomic E-state index is 5.43. The number of benzene rings is 2. The van der Waals surface area contributed by atoms with Crippen molar-refractivity contribution in [2.24, 2.45) is 0 Å². The number of methoxy groups -OCH3 is 2. The second-order valence-corrected chi connectivity index (χ2v) is 6.94. The largest absolute Gasteiger partial charge is 0.493 e. The first-order valence-electron chi connectivity index (χ1n) is 9.31. The lowest BCUT2D eigenvalue weighted by Gasteiger charge is -2.07. The van der Waals surface area contributed by atoms with Gasteiger partial charge in [0.2, 0.25) is 5.82 Å². The van der Waals surface area contributed by atoms with Crippen molar-refractivity contribution in [1.82, 2.24) is 20.3 Å². The number of rotatable bonds is 6. The molecule has 0 saturated carbocycles. The fourth-order valence-corrected chi connectivity index (χ4v) is 3.04. The molecule has 7 heteroatoms. The highest BCUT2D eigenvalue weighted by molar-refractivity contribution is 5.66. The zero-order valence-corrected chi connectivity index (χ0v) is 16.8. The predicted molar refractivity (Wildman–Crippen MR) is 110 cm³/mol. The van der Waals surface area contributed by atoms with Gasteiger partial charge >= 0.3 is 0 Å². The monoisotopic (exact) mass is 390 g/mol. The van der Waals surface area contributed by atoms with Crippen LogP contribution >= 0.6 is 0 Å². The summed E-state index contributed by atoms with van der Waals surface area (Å²) in [4.78, 5) is 4.48. The van der Waals surface area contributed by atoms with E-state index in [-0.39, 0.29) is 0 Å². The fraction of sp³-hybridized carbons (Fsp3) is 0.227. The van der Waals surface area contributed by atoms with Crippen molar-refractivity contribution >= 4 is 0 Å². The standard InChI is InChI=1S/C22H22N4O3/c1-13(2)14-5-7-15(8-6-14)17-12-18(25-24-17)22-23-21(26-29-22)16-9-10-19(27-3)20(11-16)28-4/h5-13H,1-4H3,(H,24,25). The summed E-state index contributed by atoms with van der Waals surface area (Å²) in [6.07, 6.45) is 0.